The Labute approximate surface area is 257 Å². The van der Waals surface area contributed by atoms with Crippen LogP contribution in [0.4, 0.5) is 0 Å². The summed E-state index contributed by atoms with van der Waals surface area (Å²) in [4.78, 5) is 37.6. The van der Waals surface area contributed by atoms with Crippen LogP contribution in [0.1, 0.15) is 126 Å². The maximum absolute atomic E-state index is 13.0. The topological polar surface area (TPSA) is 78.9 Å². The smallest absolute Gasteiger partial charge is 0.314 e. The van der Waals surface area contributed by atoms with Gasteiger partial charge in [0.05, 0.1) is 24.0 Å². The summed E-state index contributed by atoms with van der Waals surface area (Å²) in [5.41, 5.74) is 1.62. The van der Waals surface area contributed by atoms with Crippen molar-refractivity contribution < 1.29 is 28.6 Å². The number of aldehydes is 1. The summed E-state index contributed by atoms with van der Waals surface area (Å²) in [5.74, 6) is 2.66. The molecule has 3 aliphatic rings. The van der Waals surface area contributed by atoms with Gasteiger partial charge in [-0.2, -0.15) is 0 Å². The minimum absolute atomic E-state index is 0.247. The number of esters is 2. The molecule has 0 radical (unpaired) electrons. The number of hydrogen-bond donors (Lipinski definition) is 0. The van der Waals surface area contributed by atoms with Crippen LogP contribution in [0.2, 0.25) is 0 Å². The first-order valence-corrected chi connectivity index (χ1v) is 16.8. The fourth-order valence-corrected chi connectivity index (χ4v) is 7.26. The molecule has 0 spiro atoms. The maximum Gasteiger partial charge on any atom is 0.314 e. The van der Waals surface area contributed by atoms with Crippen molar-refractivity contribution in [1.29, 1.82) is 0 Å². The zero-order valence-corrected chi connectivity index (χ0v) is 26.4. The largest absolute Gasteiger partial charge is 0.494 e. The summed E-state index contributed by atoms with van der Waals surface area (Å²) >= 11 is 0. The van der Waals surface area contributed by atoms with Crippen molar-refractivity contribution in [3.8, 4) is 17.2 Å². The van der Waals surface area contributed by atoms with Crippen LogP contribution >= 0.6 is 0 Å². The summed E-state index contributed by atoms with van der Waals surface area (Å²) in [5, 5.41) is 0. The molecule has 3 saturated carbocycles. The van der Waals surface area contributed by atoms with E-state index in [4.69, 9.17) is 14.2 Å². The molecule has 0 aromatic heterocycles. The van der Waals surface area contributed by atoms with Crippen molar-refractivity contribution in [1.82, 2.24) is 0 Å². The van der Waals surface area contributed by atoms with Gasteiger partial charge in [-0.1, -0.05) is 52.0 Å². The predicted molar refractivity (Wildman–Crippen MR) is 169 cm³/mol. The first-order chi connectivity index (χ1) is 21.0. The Morgan fingerprint density at radius 2 is 1.26 bits per heavy atom. The second-order valence-electron chi connectivity index (χ2n) is 12.2. The second-order valence-corrected chi connectivity index (χ2v) is 12.2. The van der Waals surface area contributed by atoms with Gasteiger partial charge < -0.3 is 14.2 Å². The van der Waals surface area contributed by atoms with E-state index in [1.807, 2.05) is 32.9 Å². The third kappa shape index (κ3) is 8.93. The fraction of sp³-hybridized carbons (Fsp3) is 0.595. The molecule has 6 heteroatoms. The Morgan fingerprint density at radius 1 is 0.698 bits per heavy atom. The molecule has 3 aliphatic carbocycles. The van der Waals surface area contributed by atoms with Crippen LogP contribution in [0.5, 0.6) is 17.2 Å². The SMILES string of the molecule is CC.CCOc1ccc(OC(=O)C2CCC(C(=O)Oc3ccc(C4CCC(C5CCCCC5)CC4)cc3C=O)CC2)cc1. The monoisotopic (exact) mass is 590 g/mol. The van der Waals surface area contributed by atoms with Gasteiger partial charge in [0.2, 0.25) is 0 Å². The lowest BCUT2D eigenvalue weighted by Gasteiger charge is -2.36. The first kappa shape index (κ1) is 32.8. The van der Waals surface area contributed by atoms with E-state index in [1.54, 1.807) is 30.3 Å². The minimum Gasteiger partial charge on any atom is -0.494 e. The number of carbonyl (C=O) groups is 3. The third-order valence-corrected chi connectivity index (χ3v) is 9.68. The van der Waals surface area contributed by atoms with Gasteiger partial charge in [-0.05, 0) is 118 Å². The van der Waals surface area contributed by atoms with Crippen molar-refractivity contribution in [2.24, 2.45) is 23.7 Å². The molecule has 6 nitrogen and oxygen atoms in total. The van der Waals surface area contributed by atoms with E-state index >= 15 is 0 Å². The van der Waals surface area contributed by atoms with Crippen LogP contribution in [0, 0.1) is 23.7 Å². The highest BCUT2D eigenvalue weighted by Crippen LogP contribution is 2.43. The molecule has 3 fully saturated rings. The highest BCUT2D eigenvalue weighted by molar-refractivity contribution is 5.83. The van der Waals surface area contributed by atoms with Crippen molar-refractivity contribution >= 4 is 18.2 Å². The fourth-order valence-electron chi connectivity index (χ4n) is 7.26. The summed E-state index contributed by atoms with van der Waals surface area (Å²) in [6.45, 7) is 6.49. The van der Waals surface area contributed by atoms with E-state index in [1.165, 1.54) is 63.4 Å². The standard InChI is InChI=1S/C35H44O6.C2H6/c1-2-39-31-17-19-32(20-18-31)40-34(37)27-12-14-28(15-13-27)35(38)41-33-21-16-29(22-30(33)23-36)26-10-8-25(9-11-26)24-6-4-3-5-7-24;1-2/h16-28H,2-15H2,1H3;1-2H3. The van der Waals surface area contributed by atoms with E-state index in [0.717, 1.165) is 23.9 Å². The van der Waals surface area contributed by atoms with Crippen LogP contribution in [-0.2, 0) is 9.59 Å². The van der Waals surface area contributed by atoms with Crippen molar-refractivity contribution in [2.75, 3.05) is 6.61 Å². The molecule has 43 heavy (non-hydrogen) atoms. The Kier molecular flexibility index (Phi) is 12.7. The third-order valence-electron chi connectivity index (χ3n) is 9.68. The average Bonchev–Trinajstić information content (AvgIpc) is 3.07. The molecular weight excluding hydrogens is 540 g/mol. The molecule has 0 unspecified atom stereocenters. The molecule has 0 saturated heterocycles. The van der Waals surface area contributed by atoms with Gasteiger partial charge >= 0.3 is 11.9 Å². The first-order valence-electron chi connectivity index (χ1n) is 16.8. The Hall–Kier alpha value is -3.15. The molecule has 0 heterocycles. The van der Waals surface area contributed by atoms with E-state index < -0.39 is 0 Å². The Balaban J connectivity index is 0.00000207. The van der Waals surface area contributed by atoms with E-state index in [2.05, 4.69) is 0 Å². The highest BCUT2D eigenvalue weighted by Gasteiger charge is 2.33. The van der Waals surface area contributed by atoms with E-state index in [9.17, 15) is 14.4 Å². The quantitative estimate of drug-likeness (QED) is 0.165. The van der Waals surface area contributed by atoms with E-state index in [-0.39, 0.29) is 23.8 Å². The molecule has 0 N–H and O–H groups in total. The van der Waals surface area contributed by atoms with Crippen LogP contribution in [0.3, 0.4) is 0 Å². The van der Waals surface area contributed by atoms with Gasteiger partial charge in [0, 0.05) is 0 Å². The Morgan fingerprint density at radius 3 is 1.84 bits per heavy atom. The van der Waals surface area contributed by atoms with Crippen molar-refractivity contribution in [3.63, 3.8) is 0 Å². The van der Waals surface area contributed by atoms with Gasteiger partial charge in [0.25, 0.3) is 0 Å². The summed E-state index contributed by atoms with van der Waals surface area (Å²) in [7, 11) is 0. The minimum atomic E-state index is -0.327. The predicted octanol–water partition coefficient (Wildman–Crippen LogP) is 9.10. The van der Waals surface area contributed by atoms with Crippen LogP contribution in [0.25, 0.3) is 0 Å². The normalized spacial score (nSPS) is 24.2. The molecule has 2 aromatic rings. The van der Waals surface area contributed by atoms with Gasteiger partial charge in [-0.3, -0.25) is 14.4 Å². The summed E-state index contributed by atoms with van der Waals surface area (Å²) in [6.07, 6.45) is 14.9. The van der Waals surface area contributed by atoms with Crippen LogP contribution in [-0.4, -0.2) is 24.8 Å². The highest BCUT2D eigenvalue weighted by atomic mass is 16.5. The maximum atomic E-state index is 13.0. The number of benzene rings is 2. The molecule has 0 aliphatic heterocycles. The average molecular weight is 591 g/mol. The summed E-state index contributed by atoms with van der Waals surface area (Å²) < 4.78 is 16.7. The Bertz CT molecular complexity index is 1170. The number of rotatable bonds is 9. The molecule has 234 valence electrons. The van der Waals surface area contributed by atoms with E-state index in [0.29, 0.717) is 55.3 Å². The molecule has 0 bridgehead atoms. The molecule has 2 aromatic carbocycles. The lowest BCUT2D eigenvalue weighted by Crippen LogP contribution is -2.30. The number of carbonyl (C=O) groups excluding carboxylic acids is 3. The molecular formula is C37H50O6. The molecule has 0 amide bonds. The van der Waals surface area contributed by atoms with Gasteiger partial charge in [0.15, 0.2) is 6.29 Å². The molecule has 0 atom stereocenters. The summed E-state index contributed by atoms with van der Waals surface area (Å²) in [6, 6.07) is 12.8. The van der Waals surface area contributed by atoms with Crippen molar-refractivity contribution in [2.45, 2.75) is 110 Å². The second kappa shape index (κ2) is 16.6. The van der Waals surface area contributed by atoms with Crippen molar-refractivity contribution in [3.05, 3.63) is 53.6 Å². The zero-order chi connectivity index (χ0) is 30.6. The molecule has 5 rings (SSSR count). The zero-order valence-electron chi connectivity index (χ0n) is 26.4. The van der Waals surface area contributed by atoms with Gasteiger partial charge in [-0.15, -0.1) is 0 Å². The number of ether oxygens (including phenoxy) is 3. The van der Waals surface area contributed by atoms with Crippen LogP contribution in [0.15, 0.2) is 42.5 Å². The van der Waals surface area contributed by atoms with Gasteiger partial charge in [-0.25, -0.2) is 0 Å². The van der Waals surface area contributed by atoms with Crippen LogP contribution < -0.4 is 14.2 Å². The van der Waals surface area contributed by atoms with Gasteiger partial charge in [0.1, 0.15) is 17.2 Å². The lowest BCUT2D eigenvalue weighted by atomic mass is 9.70. The lowest BCUT2D eigenvalue weighted by molar-refractivity contribution is -0.145. The number of hydrogen-bond acceptors (Lipinski definition) is 6.